The molecule has 2 aromatic rings. The van der Waals surface area contributed by atoms with Crippen LogP contribution in [0.4, 0.5) is 0 Å². The molecular weight excluding hydrogens is 584 g/mol. The van der Waals surface area contributed by atoms with Crippen molar-refractivity contribution in [2.75, 3.05) is 13.7 Å². The van der Waals surface area contributed by atoms with Gasteiger partial charge in [-0.05, 0) is 71.6 Å². The van der Waals surface area contributed by atoms with Gasteiger partial charge in [-0.2, -0.15) is 0 Å². The summed E-state index contributed by atoms with van der Waals surface area (Å²) in [6, 6.07) is 14.9. The van der Waals surface area contributed by atoms with Crippen LogP contribution in [0.15, 0.2) is 84.0 Å². The summed E-state index contributed by atoms with van der Waals surface area (Å²) in [6.45, 7) is 10.3. The maximum atomic E-state index is 13.8. The van der Waals surface area contributed by atoms with Crippen LogP contribution in [0.1, 0.15) is 51.2 Å². The summed E-state index contributed by atoms with van der Waals surface area (Å²) in [6.07, 6.45) is 5.46. The second-order valence-electron chi connectivity index (χ2n) is 14.2. The van der Waals surface area contributed by atoms with Crippen molar-refractivity contribution in [2.24, 2.45) is 23.2 Å². The second kappa shape index (κ2) is 10.7. The van der Waals surface area contributed by atoms with E-state index in [4.69, 9.17) is 18.9 Å². The monoisotopic (exact) mass is 626 g/mol. The van der Waals surface area contributed by atoms with E-state index in [0.717, 1.165) is 11.1 Å². The predicted octanol–water partition coefficient (Wildman–Crippen LogP) is 5.41. The summed E-state index contributed by atoms with van der Waals surface area (Å²) >= 11 is 0. The number of methoxy groups -OCH3 is 1. The van der Waals surface area contributed by atoms with Crippen LogP contribution in [-0.4, -0.2) is 58.8 Å². The third kappa shape index (κ3) is 4.44. The molecule has 0 aromatic heterocycles. The van der Waals surface area contributed by atoms with Crippen LogP contribution in [0, 0.1) is 23.2 Å². The van der Waals surface area contributed by atoms with Crippen molar-refractivity contribution in [1.29, 1.82) is 0 Å². The molecule has 5 aliphatic rings. The summed E-state index contributed by atoms with van der Waals surface area (Å²) in [7, 11) is 1.45. The minimum atomic E-state index is -1.68. The zero-order valence-corrected chi connectivity index (χ0v) is 26.9. The van der Waals surface area contributed by atoms with Gasteiger partial charge in [0.2, 0.25) is 0 Å². The number of phenols is 1. The molecule has 3 fully saturated rings. The summed E-state index contributed by atoms with van der Waals surface area (Å²) in [5.41, 5.74) is 0.894. The average molecular weight is 627 g/mol. The van der Waals surface area contributed by atoms with Gasteiger partial charge in [0.05, 0.1) is 13.5 Å². The molecule has 2 saturated heterocycles. The van der Waals surface area contributed by atoms with E-state index in [1.807, 2.05) is 31.2 Å². The zero-order chi connectivity index (χ0) is 32.6. The molecule has 2 aliphatic heterocycles. The Kier molecular flexibility index (Phi) is 7.16. The molecule has 2 unspecified atom stereocenters. The third-order valence-electron chi connectivity index (χ3n) is 11.4. The molecular formula is C38H42O8. The highest BCUT2D eigenvalue weighted by molar-refractivity contribution is 6.04. The van der Waals surface area contributed by atoms with Crippen LogP contribution in [0.5, 0.6) is 11.5 Å². The van der Waals surface area contributed by atoms with Crippen LogP contribution < -0.4 is 4.74 Å². The first-order valence-corrected chi connectivity index (χ1v) is 16.1. The maximum absolute atomic E-state index is 13.8. The first-order chi connectivity index (χ1) is 21.9. The SMILES string of the molecule is C=C(C)[C@]12C[C@@H](C)[C@@]34CC(Cc5ccccc5)(O[C@@H]1[C@@H]3C=C(COC(=O)Cc1ccc(O)c(OC)c1)C[C@]1(O)C(=O)C(C)=CC41)O2. The first-order valence-electron chi connectivity index (χ1n) is 16.1. The van der Waals surface area contributed by atoms with Crippen LogP contribution in [-0.2, 0) is 36.6 Å². The molecule has 46 heavy (non-hydrogen) atoms. The van der Waals surface area contributed by atoms with Crippen molar-refractivity contribution in [3.05, 3.63) is 95.1 Å². The van der Waals surface area contributed by atoms with Crippen molar-refractivity contribution in [3.63, 3.8) is 0 Å². The Labute approximate surface area is 269 Å². The Morgan fingerprint density at radius 2 is 1.89 bits per heavy atom. The fourth-order valence-electron chi connectivity index (χ4n) is 9.49. The maximum Gasteiger partial charge on any atom is 0.310 e. The molecule has 8 atom stereocenters. The van der Waals surface area contributed by atoms with Crippen molar-refractivity contribution < 1.29 is 38.7 Å². The van der Waals surface area contributed by atoms with Gasteiger partial charge >= 0.3 is 5.97 Å². The summed E-state index contributed by atoms with van der Waals surface area (Å²) in [5.74, 6) is -2.06. The smallest absolute Gasteiger partial charge is 0.310 e. The minimum Gasteiger partial charge on any atom is -0.504 e. The zero-order valence-electron chi connectivity index (χ0n) is 26.9. The lowest BCUT2D eigenvalue weighted by Crippen LogP contribution is -2.65. The second-order valence-corrected chi connectivity index (χ2v) is 14.2. The molecule has 3 bridgehead atoms. The molecule has 2 N–H and O–H groups in total. The summed E-state index contributed by atoms with van der Waals surface area (Å²) in [4.78, 5) is 26.9. The van der Waals surface area contributed by atoms with Crippen molar-refractivity contribution in [2.45, 2.75) is 76.0 Å². The van der Waals surface area contributed by atoms with Gasteiger partial charge in [0.25, 0.3) is 0 Å². The molecule has 1 saturated carbocycles. The van der Waals surface area contributed by atoms with E-state index in [-0.39, 0.29) is 54.7 Å². The predicted molar refractivity (Wildman–Crippen MR) is 170 cm³/mol. The van der Waals surface area contributed by atoms with Crippen LogP contribution in [0.25, 0.3) is 0 Å². The number of phenolic OH excluding ortho intramolecular Hbond substituents is 1. The number of ether oxygens (including phenoxy) is 4. The van der Waals surface area contributed by atoms with Gasteiger partial charge in [0.15, 0.2) is 23.1 Å². The Hall–Kier alpha value is -3.72. The number of Topliss-reactive ketones (excluding diaryl/α,β-unsaturated/α-hetero) is 1. The molecule has 7 rings (SSSR count). The van der Waals surface area contributed by atoms with Crippen LogP contribution in [0.3, 0.4) is 0 Å². The standard InChI is InChI=1S/C38H42O8/c1-22(2)38-17-24(4)36-21-35(46-38,18-25-9-7-6-8-10-25)45-34(38)28(36)14-27(19-37(42)31(36)13-23(3)33(37)41)20-44-32(40)16-26-11-12-29(39)30(15-26)43-5/h6-15,24,28,31,34,39,42H,1,16-21H2,2-5H3/t24-,28+,31?,34-,35?,36+,37-,38-/m1/s1. The number of esters is 1. The van der Waals surface area contributed by atoms with Crippen molar-refractivity contribution in [3.8, 4) is 11.5 Å². The number of carbonyl (C=O) groups excluding carboxylic acids is 2. The Morgan fingerprint density at radius 3 is 2.61 bits per heavy atom. The van der Waals surface area contributed by atoms with Gasteiger partial charge in [0.1, 0.15) is 23.9 Å². The lowest BCUT2D eigenvalue weighted by atomic mass is 9.47. The van der Waals surface area contributed by atoms with Gasteiger partial charge < -0.3 is 29.2 Å². The number of hydrogen-bond acceptors (Lipinski definition) is 8. The third-order valence-corrected chi connectivity index (χ3v) is 11.4. The van der Waals surface area contributed by atoms with Gasteiger partial charge in [0, 0.05) is 31.1 Å². The molecule has 8 heteroatoms. The highest BCUT2D eigenvalue weighted by Gasteiger charge is 2.77. The van der Waals surface area contributed by atoms with Gasteiger partial charge in [-0.1, -0.05) is 62.1 Å². The first kappa shape index (κ1) is 30.9. The molecule has 0 spiro atoms. The highest BCUT2D eigenvalue weighted by atomic mass is 16.8. The van der Waals surface area contributed by atoms with Gasteiger partial charge in [-0.25, -0.2) is 0 Å². The van der Waals surface area contributed by atoms with E-state index in [2.05, 4.69) is 31.7 Å². The number of aliphatic hydroxyl groups is 1. The number of hydrogen-bond donors (Lipinski definition) is 2. The summed E-state index contributed by atoms with van der Waals surface area (Å²) in [5, 5.41) is 22.4. The molecule has 242 valence electrons. The lowest BCUT2D eigenvalue weighted by Gasteiger charge is -2.60. The molecule has 3 aliphatic carbocycles. The van der Waals surface area contributed by atoms with Crippen LogP contribution >= 0.6 is 0 Å². The van der Waals surface area contributed by atoms with Crippen molar-refractivity contribution >= 4 is 11.8 Å². The molecule has 0 amide bonds. The van der Waals surface area contributed by atoms with Gasteiger partial charge in [-0.3, -0.25) is 9.59 Å². The Balaban J connectivity index is 1.27. The largest absolute Gasteiger partial charge is 0.504 e. The van der Waals surface area contributed by atoms with E-state index in [9.17, 15) is 19.8 Å². The number of rotatable bonds is 8. The topological polar surface area (TPSA) is 112 Å². The van der Waals surface area contributed by atoms with Crippen molar-refractivity contribution in [1.82, 2.24) is 0 Å². The van der Waals surface area contributed by atoms with E-state index >= 15 is 0 Å². The average Bonchev–Trinajstić information content (AvgIpc) is 3.32. The Morgan fingerprint density at radius 1 is 1.13 bits per heavy atom. The molecule has 2 aromatic carbocycles. The quantitative estimate of drug-likeness (QED) is 0.296. The van der Waals surface area contributed by atoms with E-state index in [1.54, 1.807) is 19.1 Å². The number of benzene rings is 2. The van der Waals surface area contributed by atoms with E-state index in [0.29, 0.717) is 36.0 Å². The highest BCUT2D eigenvalue weighted by Crippen LogP contribution is 2.72. The minimum absolute atomic E-state index is 0.0143. The van der Waals surface area contributed by atoms with E-state index in [1.165, 1.54) is 13.2 Å². The summed E-state index contributed by atoms with van der Waals surface area (Å²) < 4.78 is 25.1. The normalized spacial score (nSPS) is 37.1. The fourth-order valence-corrected chi connectivity index (χ4v) is 9.49. The number of carbonyl (C=O) groups is 2. The molecule has 8 nitrogen and oxygen atoms in total. The number of fused-ring (bicyclic) bond motifs is 2. The fraction of sp³-hybridized carbons (Fsp3) is 0.474. The van der Waals surface area contributed by atoms with Crippen LogP contribution in [0.2, 0.25) is 0 Å². The molecule has 0 radical (unpaired) electrons. The lowest BCUT2D eigenvalue weighted by molar-refractivity contribution is -0.249. The number of ketones is 1. The molecule has 2 heterocycles. The van der Waals surface area contributed by atoms with E-state index < -0.39 is 34.3 Å². The number of aromatic hydroxyl groups is 1. The van der Waals surface area contributed by atoms with Gasteiger partial charge in [-0.15, -0.1) is 0 Å². The Bertz CT molecular complexity index is 1680.